The summed E-state index contributed by atoms with van der Waals surface area (Å²) in [5.41, 5.74) is -1.33. The number of alkyl carbamates (subject to hydrolysis) is 1. The van der Waals surface area contributed by atoms with Gasteiger partial charge < -0.3 is 15.4 Å². The molecule has 5 nitrogen and oxygen atoms in total. The van der Waals surface area contributed by atoms with Crippen LogP contribution < -0.4 is 10.6 Å². The lowest BCUT2D eigenvalue weighted by Crippen LogP contribution is -2.43. The van der Waals surface area contributed by atoms with Crippen molar-refractivity contribution in [1.82, 2.24) is 10.6 Å². The minimum atomic E-state index is -1.52. The Morgan fingerprint density at radius 2 is 1.77 bits per heavy atom. The van der Waals surface area contributed by atoms with Crippen molar-refractivity contribution < 1.29 is 23.1 Å². The topological polar surface area (TPSA) is 67.4 Å². The molecule has 0 saturated heterocycles. The highest BCUT2D eigenvalue weighted by Gasteiger charge is 2.30. The van der Waals surface area contributed by atoms with E-state index in [1.54, 1.807) is 27.7 Å². The number of halogens is 2. The molecule has 0 radical (unpaired) electrons. The Hall–Kier alpha value is -2.18. The van der Waals surface area contributed by atoms with E-state index in [4.69, 9.17) is 4.74 Å². The fourth-order valence-electron chi connectivity index (χ4n) is 1.76. The zero-order valence-electron chi connectivity index (χ0n) is 13.0. The fraction of sp³-hybridized carbons (Fsp3) is 0.467. The van der Waals surface area contributed by atoms with Gasteiger partial charge in [-0.2, -0.15) is 0 Å². The van der Waals surface area contributed by atoms with Crippen molar-refractivity contribution in [3.8, 4) is 0 Å². The third-order valence-corrected chi connectivity index (χ3v) is 2.56. The Balaban J connectivity index is 3.09. The second-order valence-corrected chi connectivity index (χ2v) is 5.61. The van der Waals surface area contributed by atoms with E-state index in [-0.39, 0.29) is 6.54 Å². The molecule has 0 spiro atoms. The van der Waals surface area contributed by atoms with Gasteiger partial charge in [-0.3, -0.25) is 4.79 Å². The van der Waals surface area contributed by atoms with Crippen molar-refractivity contribution in [1.29, 1.82) is 0 Å². The maximum atomic E-state index is 13.9. The highest BCUT2D eigenvalue weighted by atomic mass is 19.1. The van der Waals surface area contributed by atoms with Gasteiger partial charge in [-0.05, 0) is 39.8 Å². The van der Waals surface area contributed by atoms with Gasteiger partial charge in [-0.1, -0.05) is 6.07 Å². The lowest BCUT2D eigenvalue weighted by Gasteiger charge is -2.23. The Labute approximate surface area is 128 Å². The quantitative estimate of drug-likeness (QED) is 0.898. The molecule has 0 unspecified atom stereocenters. The number of hydrogen-bond acceptors (Lipinski definition) is 3. The van der Waals surface area contributed by atoms with Crippen molar-refractivity contribution in [2.24, 2.45) is 0 Å². The third-order valence-electron chi connectivity index (χ3n) is 2.56. The van der Waals surface area contributed by atoms with E-state index < -0.39 is 40.8 Å². The van der Waals surface area contributed by atoms with Crippen molar-refractivity contribution in [3.63, 3.8) is 0 Å². The number of nitrogens with one attached hydrogen (secondary N) is 2. The average molecular weight is 314 g/mol. The number of carbonyl (C=O) groups excluding carboxylic acids is 2. The van der Waals surface area contributed by atoms with Crippen LogP contribution in [-0.4, -0.2) is 24.1 Å². The van der Waals surface area contributed by atoms with Gasteiger partial charge >= 0.3 is 6.09 Å². The zero-order valence-corrected chi connectivity index (χ0v) is 13.0. The summed E-state index contributed by atoms with van der Waals surface area (Å²) in [5, 5.41) is 4.63. The molecule has 0 heterocycles. The standard InChI is InChI=1S/C15H20F2N2O3/c1-5-18-13(20)12(19-14(21)22-15(2,3)4)11-9(16)7-6-8-10(11)17/h6-8,12H,5H2,1-4H3,(H,18,20)(H,19,21)/t12-/m0/s1. The van der Waals surface area contributed by atoms with Gasteiger partial charge in [-0.15, -0.1) is 0 Å². The molecule has 122 valence electrons. The second-order valence-electron chi connectivity index (χ2n) is 5.61. The molecule has 1 aromatic carbocycles. The summed E-state index contributed by atoms with van der Waals surface area (Å²) in [6.45, 7) is 6.81. The Morgan fingerprint density at radius 1 is 1.23 bits per heavy atom. The van der Waals surface area contributed by atoms with Gasteiger partial charge in [0.1, 0.15) is 23.3 Å². The molecule has 0 aromatic heterocycles. The number of carbonyl (C=O) groups is 2. The molecule has 2 amide bonds. The van der Waals surface area contributed by atoms with Gasteiger partial charge in [0, 0.05) is 6.54 Å². The van der Waals surface area contributed by atoms with Crippen molar-refractivity contribution in [3.05, 3.63) is 35.4 Å². The van der Waals surface area contributed by atoms with E-state index >= 15 is 0 Å². The first-order valence-electron chi connectivity index (χ1n) is 6.87. The maximum Gasteiger partial charge on any atom is 0.408 e. The molecule has 0 aliphatic carbocycles. The van der Waals surface area contributed by atoms with Crippen LogP contribution in [0.4, 0.5) is 13.6 Å². The predicted molar refractivity (Wildman–Crippen MR) is 77.2 cm³/mol. The number of benzene rings is 1. The molecule has 22 heavy (non-hydrogen) atoms. The molecule has 7 heteroatoms. The van der Waals surface area contributed by atoms with E-state index in [0.717, 1.165) is 12.1 Å². The van der Waals surface area contributed by atoms with Crippen LogP contribution in [0.25, 0.3) is 0 Å². The minimum Gasteiger partial charge on any atom is -0.444 e. The fourth-order valence-corrected chi connectivity index (χ4v) is 1.76. The lowest BCUT2D eigenvalue weighted by atomic mass is 10.0. The molecule has 1 rings (SSSR count). The van der Waals surface area contributed by atoms with E-state index in [9.17, 15) is 18.4 Å². The van der Waals surface area contributed by atoms with Crippen LogP contribution in [-0.2, 0) is 9.53 Å². The first-order chi connectivity index (χ1) is 10.2. The average Bonchev–Trinajstić information content (AvgIpc) is 2.35. The molecule has 0 aliphatic rings. The summed E-state index contributed by atoms with van der Waals surface area (Å²) < 4.78 is 32.8. The van der Waals surface area contributed by atoms with Crippen LogP contribution >= 0.6 is 0 Å². The molecule has 2 N–H and O–H groups in total. The highest BCUT2D eigenvalue weighted by molar-refractivity contribution is 5.87. The van der Waals surface area contributed by atoms with Crippen LogP contribution in [0.15, 0.2) is 18.2 Å². The van der Waals surface area contributed by atoms with Crippen LogP contribution in [0.3, 0.4) is 0 Å². The van der Waals surface area contributed by atoms with Crippen LogP contribution in [0.2, 0.25) is 0 Å². The third kappa shape index (κ3) is 4.98. The van der Waals surface area contributed by atoms with Crippen molar-refractivity contribution >= 4 is 12.0 Å². The number of hydrogen-bond donors (Lipinski definition) is 2. The van der Waals surface area contributed by atoms with E-state index in [0.29, 0.717) is 0 Å². The zero-order chi connectivity index (χ0) is 16.9. The monoisotopic (exact) mass is 314 g/mol. The summed E-state index contributed by atoms with van der Waals surface area (Å²) in [5.74, 6) is -2.57. The molecule has 0 saturated carbocycles. The number of rotatable bonds is 4. The van der Waals surface area contributed by atoms with Crippen molar-refractivity contribution in [2.45, 2.75) is 39.3 Å². The first kappa shape index (κ1) is 17.9. The van der Waals surface area contributed by atoms with E-state index in [2.05, 4.69) is 10.6 Å². The number of ether oxygens (including phenoxy) is 1. The van der Waals surface area contributed by atoms with Gasteiger partial charge in [0.2, 0.25) is 5.91 Å². The Bertz CT molecular complexity index is 536. The largest absolute Gasteiger partial charge is 0.444 e. The summed E-state index contributed by atoms with van der Waals surface area (Å²) >= 11 is 0. The Kier molecular flexibility index (Phi) is 5.84. The van der Waals surface area contributed by atoms with E-state index in [1.165, 1.54) is 6.07 Å². The van der Waals surface area contributed by atoms with Gasteiger partial charge in [0.05, 0.1) is 5.56 Å². The number of likely N-dealkylation sites (N-methyl/N-ethyl adjacent to an activating group) is 1. The summed E-state index contributed by atoms with van der Waals surface area (Å²) in [4.78, 5) is 23.8. The lowest BCUT2D eigenvalue weighted by molar-refractivity contribution is -0.123. The van der Waals surface area contributed by atoms with Gasteiger partial charge in [0.25, 0.3) is 0 Å². The Morgan fingerprint density at radius 3 is 2.23 bits per heavy atom. The summed E-state index contributed by atoms with van der Waals surface area (Å²) in [7, 11) is 0. The normalized spacial score (nSPS) is 12.5. The smallest absolute Gasteiger partial charge is 0.408 e. The van der Waals surface area contributed by atoms with Crippen LogP contribution in [0, 0.1) is 11.6 Å². The summed E-state index contributed by atoms with van der Waals surface area (Å²) in [6, 6.07) is 1.69. The molecule has 0 bridgehead atoms. The summed E-state index contributed by atoms with van der Waals surface area (Å²) in [6.07, 6.45) is -0.939. The number of amides is 2. The minimum absolute atomic E-state index is 0.251. The maximum absolute atomic E-state index is 13.9. The van der Waals surface area contributed by atoms with Crippen LogP contribution in [0.1, 0.15) is 39.3 Å². The molecule has 0 aliphatic heterocycles. The van der Waals surface area contributed by atoms with Gasteiger partial charge in [0.15, 0.2) is 0 Å². The highest BCUT2D eigenvalue weighted by Crippen LogP contribution is 2.21. The molecular weight excluding hydrogens is 294 g/mol. The van der Waals surface area contributed by atoms with Crippen molar-refractivity contribution in [2.75, 3.05) is 6.54 Å². The van der Waals surface area contributed by atoms with Gasteiger partial charge in [-0.25, -0.2) is 13.6 Å². The van der Waals surface area contributed by atoms with Crippen LogP contribution in [0.5, 0.6) is 0 Å². The first-order valence-corrected chi connectivity index (χ1v) is 6.87. The predicted octanol–water partition coefficient (Wildman–Crippen LogP) is 2.67. The molecule has 0 fully saturated rings. The molecular formula is C15H20F2N2O3. The SMILES string of the molecule is CCNC(=O)[C@@H](NC(=O)OC(C)(C)C)c1c(F)cccc1F. The van der Waals surface area contributed by atoms with E-state index in [1.807, 2.05) is 0 Å². The molecule has 1 aromatic rings. The molecule has 1 atom stereocenters. The second kappa shape index (κ2) is 7.20.